The van der Waals surface area contributed by atoms with Gasteiger partial charge in [0.2, 0.25) is 23.7 Å². The highest BCUT2D eigenvalue weighted by Crippen LogP contribution is 2.46. The Morgan fingerprint density at radius 1 is 0.588 bits per heavy atom. The molecule has 57 heteroatoms. The van der Waals surface area contributed by atoms with E-state index in [4.69, 9.17) is 34.7 Å². The van der Waals surface area contributed by atoms with E-state index in [9.17, 15) is 98.3 Å². The molecule has 0 aliphatic carbocycles. The second-order valence-electron chi connectivity index (χ2n) is 23.8. The molecule has 47 nitrogen and oxygen atoms in total. The number of rotatable bonds is 35. The molecule has 0 unspecified atom stereocenters. The second kappa shape index (κ2) is 41.4. The van der Waals surface area contributed by atoms with Crippen LogP contribution in [0.2, 0.25) is 0 Å². The maximum Gasteiger partial charge on any atom is 0.425 e. The van der Waals surface area contributed by atoms with Crippen LogP contribution in [-0.2, 0) is 81.9 Å². The number of methoxy groups -OCH3 is 1. The van der Waals surface area contributed by atoms with E-state index in [0.717, 1.165) is 47.8 Å². The average molecular weight is 1850 g/mol. The summed E-state index contributed by atoms with van der Waals surface area (Å²) in [5.74, 6) is -4.33. The standard InChI is InChI=1S/C61H62N18O23S8.CH4.2O3S/c1-34-24-48(73-76-56-36(3)41(33-62)57-64-47-28-39(101-5)13-15-51(47)78(57)58(56)80)52(102-17-7-20-105(83,84)85)30-43(34)70-75-50-29-45(65-60-66-59(63-37-10-6-11-40(26-37)109(95,96)97)67-61(68-60)77(4)16-23-108(92,93)94)46(32-54(50)104-19-9-22-107(89,90)91)72-74-49-25-35(2)44(31-53(49)103-18-8-21-106(86,87)88)71-69-42-14-12-38(79(81)82)27-55(42)110(98,99)100;;2*1-4(2)3/h6,10-15,24-32,80H,7-9,16-23H2,1-5H3,(H,83,84,85)(H,86,87,88)(H,89,90,91)(H,92,93,94)(H,95,96,97)(H,98,99,100)(H2,63,65,66,67,68);1H4;;. The molecule has 6 aromatic carbocycles. The zero-order valence-corrected chi connectivity index (χ0v) is 69.0. The molecule has 0 spiro atoms. The topological polar surface area (TPSA) is 716 Å². The van der Waals surface area contributed by atoms with Gasteiger partial charge in [-0.25, -0.2) is 4.98 Å². The van der Waals surface area contributed by atoms with Gasteiger partial charge in [0.25, 0.3) is 66.4 Å². The fourth-order valence-electron chi connectivity index (χ4n) is 9.83. The lowest BCUT2D eigenvalue weighted by atomic mass is 10.1. The fourth-order valence-corrected chi connectivity index (χ4v) is 15.3. The Kier molecular flexibility index (Phi) is 33.6. The molecule has 0 saturated heterocycles. The number of pyridine rings is 1. The van der Waals surface area contributed by atoms with Gasteiger partial charge in [-0.2, -0.15) is 80.9 Å². The molecule has 0 amide bonds. The van der Waals surface area contributed by atoms with Crippen molar-refractivity contribution in [2.24, 2.45) is 40.9 Å². The van der Waals surface area contributed by atoms with Crippen molar-refractivity contribution in [2.75, 3.05) is 77.4 Å². The van der Waals surface area contributed by atoms with E-state index in [2.05, 4.69) is 77.6 Å². The Bertz CT molecular complexity index is 6530. The quantitative estimate of drug-likeness (QED) is 0.00445. The summed E-state index contributed by atoms with van der Waals surface area (Å²) < 4.78 is 267. The molecule has 0 saturated carbocycles. The highest BCUT2D eigenvalue weighted by molar-refractivity contribution is 7.99. The van der Waals surface area contributed by atoms with Gasteiger partial charge in [-0.3, -0.25) is 41.8 Å². The minimum absolute atomic E-state index is 0. The Balaban J connectivity index is 0.00000233. The number of nitrogens with zero attached hydrogens (tertiary/aromatic N) is 16. The molecule has 0 bridgehead atoms. The zero-order chi connectivity index (χ0) is 87.6. The van der Waals surface area contributed by atoms with Crippen molar-refractivity contribution in [1.29, 1.82) is 5.26 Å². The normalized spacial score (nSPS) is 12.1. The largest absolute Gasteiger partial charge is 0.497 e. The van der Waals surface area contributed by atoms with E-state index in [0.29, 0.717) is 28.4 Å². The molecule has 3 aromatic heterocycles. The maximum atomic E-state index is 12.4. The van der Waals surface area contributed by atoms with E-state index in [1.165, 1.54) is 85.8 Å². The summed E-state index contributed by atoms with van der Waals surface area (Å²) in [4.78, 5) is 28.5. The van der Waals surface area contributed by atoms with Gasteiger partial charge in [-0.1, -0.05) is 13.5 Å². The number of ether oxygens (including phenoxy) is 2. The van der Waals surface area contributed by atoms with Gasteiger partial charge < -0.3 is 30.1 Å². The molecule has 9 rings (SSSR count). The van der Waals surface area contributed by atoms with Crippen LogP contribution in [0.3, 0.4) is 0 Å². The van der Waals surface area contributed by atoms with Crippen LogP contribution < -0.4 is 25.0 Å². The number of hydrogen-bond acceptors (Lipinski definition) is 41. The summed E-state index contributed by atoms with van der Waals surface area (Å²) in [6.45, 7) is 3.76. The predicted octanol–water partition coefficient (Wildman–Crippen LogP) is 11.1. The molecule has 9 N–H and O–H groups in total. The third-order valence-corrected chi connectivity index (χ3v) is 22.3. The predicted molar refractivity (Wildman–Crippen MR) is 427 cm³/mol. The van der Waals surface area contributed by atoms with Gasteiger partial charge in [0.05, 0.1) is 80.3 Å². The number of aromatic nitrogens is 5. The summed E-state index contributed by atoms with van der Waals surface area (Å²) in [5, 5.41) is 74.8. The maximum absolute atomic E-state index is 12.4. The lowest BCUT2D eigenvalue weighted by molar-refractivity contribution is -0.385. The SMILES string of the molecule is C.COc1ccc2c(c1)nc1c(C#N)c(C)c(N=Nc3cc(C)c(N=Nc4cc(Nc5nc(Nc6cccc(S(=O)(=O)O)c6)nc(N(C)CCS(=O)(=O)O)n5)c(N=Nc5cc(C)c(N=Nc6ccc([N+](=O)[O-])cc6S(=O)(=O)O)cc5SCCCS(=O)(=O)O)cc4SCCCS(=O)(=O)O)cc3OCCCS(=O)(=O)O)c(O)n12.O=S(=O)=O.O=S(=O)=O. The molecule has 0 aliphatic rings. The third-order valence-electron chi connectivity index (χ3n) is 15.2. The van der Waals surface area contributed by atoms with Crippen LogP contribution in [0.4, 0.5) is 80.4 Å². The summed E-state index contributed by atoms with van der Waals surface area (Å²) in [7, 11) is -31.5. The van der Waals surface area contributed by atoms with Crippen LogP contribution in [0.5, 0.6) is 17.4 Å². The number of thioether (sulfide) groups is 2. The van der Waals surface area contributed by atoms with Crippen LogP contribution in [0, 0.1) is 42.2 Å². The first-order chi connectivity index (χ1) is 55.0. The molecule has 119 heavy (non-hydrogen) atoms. The molecule has 3 heterocycles. The first kappa shape index (κ1) is 96.6. The van der Waals surface area contributed by atoms with Gasteiger partial charge in [-0.05, 0) is 129 Å². The van der Waals surface area contributed by atoms with Crippen LogP contribution >= 0.6 is 23.5 Å². The van der Waals surface area contributed by atoms with Crippen molar-refractivity contribution >= 4 is 203 Å². The molecule has 0 radical (unpaired) electrons. The Morgan fingerprint density at radius 2 is 1.10 bits per heavy atom. The Labute approximate surface area is 688 Å². The first-order valence-corrected chi connectivity index (χ1v) is 45.6. The number of aryl methyl sites for hydroxylation is 2. The summed E-state index contributed by atoms with van der Waals surface area (Å²) in [6, 6.07) is 22.3. The molecule has 638 valence electrons. The van der Waals surface area contributed by atoms with Gasteiger partial charge in [-0.15, -0.1) is 79.5 Å². The van der Waals surface area contributed by atoms with Crippen molar-refractivity contribution in [3.63, 3.8) is 0 Å². The smallest absolute Gasteiger partial charge is 0.425 e. The summed E-state index contributed by atoms with van der Waals surface area (Å²) in [6.07, 6.45) is -0.583. The number of azo groups is 4. The third kappa shape index (κ3) is 29.7. The summed E-state index contributed by atoms with van der Waals surface area (Å²) in [5.41, 5.74) is -0.249. The van der Waals surface area contributed by atoms with Crippen molar-refractivity contribution < 1.29 is 123 Å². The van der Waals surface area contributed by atoms with Crippen molar-refractivity contribution in [3.05, 3.63) is 129 Å². The number of nitro benzene ring substituents is 1. The minimum atomic E-state index is -5.14. The number of benzene rings is 6. The van der Waals surface area contributed by atoms with Crippen molar-refractivity contribution in [2.45, 2.75) is 67.0 Å². The first-order valence-electron chi connectivity index (χ1n) is 32.3. The number of nitrogens with one attached hydrogen (secondary N) is 2. The molecular weight excluding hydrogens is 1780 g/mol. The van der Waals surface area contributed by atoms with Crippen molar-refractivity contribution in [1.82, 2.24) is 24.3 Å². The highest BCUT2D eigenvalue weighted by Gasteiger charge is 2.26. The van der Waals surface area contributed by atoms with Gasteiger partial charge in [0.1, 0.15) is 50.8 Å². The number of anilines is 5. The van der Waals surface area contributed by atoms with E-state index in [-0.39, 0.29) is 146 Å². The number of imidazole rings is 1. The number of nitro groups is 1. The van der Waals surface area contributed by atoms with Gasteiger partial charge in [0.15, 0.2) is 11.3 Å². The fraction of sp³-hybridized carbons (Fsp3) is 0.274. The molecule has 0 aliphatic heterocycles. The van der Waals surface area contributed by atoms with Crippen LogP contribution in [0.15, 0.2) is 158 Å². The summed E-state index contributed by atoms with van der Waals surface area (Å²) >= 11 is 1.92. The van der Waals surface area contributed by atoms with E-state index >= 15 is 0 Å². The van der Waals surface area contributed by atoms with Gasteiger partial charge in [0, 0.05) is 58.9 Å². The monoisotopic (exact) mass is 1850 g/mol. The second-order valence-corrected chi connectivity index (χ2v) is 35.9. The Morgan fingerprint density at radius 3 is 1.65 bits per heavy atom. The average Bonchev–Trinajstić information content (AvgIpc) is 1.59. The van der Waals surface area contributed by atoms with Crippen LogP contribution in [0.1, 0.15) is 48.9 Å². The van der Waals surface area contributed by atoms with Gasteiger partial charge >= 0.3 is 21.2 Å². The van der Waals surface area contributed by atoms with E-state index < -0.39 is 149 Å². The number of nitriles is 1. The number of non-ortho nitro benzene ring substituents is 1. The molecule has 0 fully saturated rings. The zero-order valence-electron chi connectivity index (χ0n) is 60.9. The van der Waals surface area contributed by atoms with Crippen molar-refractivity contribution in [3.8, 4) is 23.4 Å². The van der Waals surface area contributed by atoms with E-state index in [1.807, 2.05) is 0 Å². The Hall–Kier alpha value is -11.2. The number of aromatic hydroxyl groups is 1. The molecule has 9 aromatic rings. The number of hydrogen-bond donors (Lipinski definition) is 9. The van der Waals surface area contributed by atoms with Crippen LogP contribution in [0.25, 0.3) is 16.7 Å². The lowest BCUT2D eigenvalue weighted by Crippen LogP contribution is -2.27. The molecule has 0 atom stereocenters. The lowest BCUT2D eigenvalue weighted by Gasteiger charge is -2.19. The van der Waals surface area contributed by atoms with Crippen LogP contribution in [-0.4, -0.2) is 199 Å². The minimum Gasteiger partial charge on any atom is -0.497 e. The van der Waals surface area contributed by atoms with E-state index in [1.54, 1.807) is 25.1 Å². The number of fused-ring (bicyclic) bond motifs is 3. The highest BCUT2D eigenvalue weighted by atomic mass is 32.2. The molecular formula is C62H66N18O29S10.